The van der Waals surface area contributed by atoms with Gasteiger partial charge in [0.25, 0.3) is 11.8 Å². The van der Waals surface area contributed by atoms with E-state index in [1.807, 2.05) is 146 Å². The summed E-state index contributed by atoms with van der Waals surface area (Å²) in [5.74, 6) is -1.00. The van der Waals surface area contributed by atoms with Gasteiger partial charge in [0.15, 0.2) is 6.23 Å². The van der Waals surface area contributed by atoms with Gasteiger partial charge in [0.05, 0.1) is 6.61 Å². The fourth-order valence-electron chi connectivity index (χ4n) is 6.72. The molecule has 0 aliphatic carbocycles. The fraction of sp³-hybridized carbons (Fsp3) is 0.136. The van der Waals surface area contributed by atoms with Crippen molar-refractivity contribution in [2.45, 2.75) is 30.6 Å². The Morgan fingerprint density at radius 1 is 0.500 bits per heavy atom. The predicted molar refractivity (Wildman–Crippen MR) is 217 cm³/mol. The lowest BCUT2D eigenvalue weighted by atomic mass is 9.95. The van der Waals surface area contributed by atoms with E-state index in [1.54, 1.807) is 24.3 Å². The van der Waals surface area contributed by atoms with Gasteiger partial charge in [0.2, 0.25) is 0 Å². The second kappa shape index (κ2) is 17.4. The molecule has 0 aromatic heterocycles. The molecule has 1 aliphatic heterocycles. The summed E-state index contributed by atoms with van der Waals surface area (Å²) in [5, 5.41) is 44.1. The number of hydrogen-bond donors (Lipinski definition) is 5. The van der Waals surface area contributed by atoms with Crippen LogP contribution in [0.4, 0.5) is 0 Å². The molecule has 272 valence electrons. The number of carbonyl (C=O) groups excluding carboxylic acids is 2. The number of nitrogens with one attached hydrogen (secondary N) is 2. The highest BCUT2D eigenvalue weighted by molar-refractivity contribution is 7.80. The van der Waals surface area contributed by atoms with Crippen molar-refractivity contribution < 1.29 is 29.6 Å². The van der Waals surface area contributed by atoms with Crippen LogP contribution < -0.4 is 42.5 Å². The highest BCUT2D eigenvalue weighted by Gasteiger charge is 2.46. The van der Waals surface area contributed by atoms with Gasteiger partial charge in [-0.1, -0.05) is 158 Å². The normalized spacial score (nSPS) is 19.7. The highest BCUT2D eigenvalue weighted by atomic mass is 31.1. The predicted octanol–water partition coefficient (Wildman–Crippen LogP) is 3.17. The van der Waals surface area contributed by atoms with Gasteiger partial charge in [-0.05, 0) is 59.8 Å². The molecule has 0 saturated carbocycles. The SMILES string of the molecule is O=C(N[C@@H]1[C@@H](O)[C@H](O)[C@@H](CO)O[C@H]1NC(=O)c1ccccc1P(c1ccccc1)c1ccccc1)c1ccccc1P(c1ccccc1)c1ccccc1. The molecule has 0 radical (unpaired) electrons. The Hall–Kier alpha value is -5.04. The first-order valence-corrected chi connectivity index (χ1v) is 20.4. The van der Waals surface area contributed by atoms with E-state index in [4.69, 9.17) is 4.74 Å². The van der Waals surface area contributed by atoms with E-state index in [1.165, 1.54) is 0 Å². The van der Waals surface area contributed by atoms with E-state index >= 15 is 0 Å². The third kappa shape index (κ3) is 8.06. The number of amides is 2. The largest absolute Gasteiger partial charge is 0.394 e. The van der Waals surface area contributed by atoms with Crippen LogP contribution in [-0.4, -0.2) is 64.3 Å². The first-order chi connectivity index (χ1) is 26.4. The van der Waals surface area contributed by atoms with Crippen LogP contribution in [0.1, 0.15) is 20.7 Å². The lowest BCUT2D eigenvalue weighted by molar-refractivity contribution is -0.197. The van der Waals surface area contributed by atoms with Crippen molar-refractivity contribution in [1.82, 2.24) is 10.6 Å². The molecular formula is C44H40N2O6P2. The van der Waals surface area contributed by atoms with Crippen molar-refractivity contribution >= 4 is 59.5 Å². The molecule has 0 unspecified atom stereocenters. The minimum absolute atomic E-state index is 0.383. The zero-order chi connectivity index (χ0) is 37.4. The first kappa shape index (κ1) is 37.3. The van der Waals surface area contributed by atoms with Crippen molar-refractivity contribution in [2.75, 3.05) is 6.61 Å². The summed E-state index contributed by atoms with van der Waals surface area (Å²) >= 11 is 0. The molecule has 0 bridgehead atoms. The summed E-state index contributed by atoms with van der Waals surface area (Å²) in [6, 6.07) is 53.4. The molecule has 6 aromatic carbocycles. The summed E-state index contributed by atoms with van der Waals surface area (Å²) in [7, 11) is -2.31. The Balaban J connectivity index is 1.22. The zero-order valence-corrected chi connectivity index (χ0v) is 31.0. The van der Waals surface area contributed by atoms with Crippen LogP contribution >= 0.6 is 15.8 Å². The van der Waals surface area contributed by atoms with Gasteiger partial charge in [-0.15, -0.1) is 0 Å². The molecule has 2 amide bonds. The molecule has 1 aliphatic rings. The molecule has 6 aromatic rings. The zero-order valence-electron chi connectivity index (χ0n) is 29.2. The number of carbonyl (C=O) groups is 2. The average Bonchev–Trinajstić information content (AvgIpc) is 3.22. The maximum absolute atomic E-state index is 14.4. The smallest absolute Gasteiger partial charge is 0.253 e. The van der Waals surface area contributed by atoms with Crippen molar-refractivity contribution in [3.8, 4) is 0 Å². The van der Waals surface area contributed by atoms with Crippen LogP contribution in [-0.2, 0) is 4.74 Å². The lowest BCUT2D eigenvalue weighted by Gasteiger charge is -2.43. The third-order valence-corrected chi connectivity index (χ3v) is 14.3. The van der Waals surface area contributed by atoms with Crippen molar-refractivity contribution in [2.24, 2.45) is 0 Å². The Morgan fingerprint density at radius 2 is 0.852 bits per heavy atom. The molecule has 5 N–H and O–H groups in total. The summed E-state index contributed by atoms with van der Waals surface area (Å²) in [4.78, 5) is 28.7. The number of aliphatic hydroxyl groups is 3. The highest BCUT2D eigenvalue weighted by Crippen LogP contribution is 2.35. The van der Waals surface area contributed by atoms with Crippen LogP contribution in [0.3, 0.4) is 0 Å². The third-order valence-electron chi connectivity index (χ3n) is 9.33. The maximum atomic E-state index is 14.4. The van der Waals surface area contributed by atoms with Crippen molar-refractivity contribution in [3.63, 3.8) is 0 Å². The van der Waals surface area contributed by atoms with Gasteiger partial charge in [0, 0.05) is 11.1 Å². The topological polar surface area (TPSA) is 128 Å². The number of aliphatic hydroxyl groups excluding tert-OH is 3. The van der Waals surface area contributed by atoms with Crippen LogP contribution in [0.15, 0.2) is 170 Å². The standard InChI is InChI=1S/C44H40N2O6P2/c47-29-36-40(48)41(49)39(45-42(50)34-25-13-15-27-37(34)53(30-17-5-1-6-18-30)31-19-7-2-8-20-31)44(52-36)46-43(51)35-26-14-16-28-38(35)54(32-21-9-3-10-22-32)33-23-11-4-12-24-33/h1-28,36,39-41,44,47-49H,29H2,(H,45,50)(H,46,51)/t36-,39-,40-,41-,44-/m1/s1. The number of ether oxygens (including phenoxy) is 1. The summed E-state index contributed by atoms with van der Waals surface area (Å²) in [6.45, 7) is -0.615. The Morgan fingerprint density at radius 3 is 1.24 bits per heavy atom. The molecular weight excluding hydrogens is 714 g/mol. The average molecular weight is 755 g/mol. The van der Waals surface area contributed by atoms with E-state index < -0.39 is 64.8 Å². The van der Waals surface area contributed by atoms with Gasteiger partial charge in [-0.25, -0.2) is 0 Å². The monoisotopic (exact) mass is 754 g/mol. The molecule has 54 heavy (non-hydrogen) atoms. The van der Waals surface area contributed by atoms with E-state index in [9.17, 15) is 24.9 Å². The molecule has 0 spiro atoms. The number of hydrogen-bond acceptors (Lipinski definition) is 6. The van der Waals surface area contributed by atoms with E-state index in [2.05, 4.69) is 10.6 Å². The van der Waals surface area contributed by atoms with Gasteiger partial charge >= 0.3 is 0 Å². The summed E-state index contributed by atoms with van der Waals surface area (Å²) < 4.78 is 6.05. The van der Waals surface area contributed by atoms with Gasteiger partial charge < -0.3 is 30.7 Å². The lowest BCUT2D eigenvalue weighted by Crippen LogP contribution is -2.68. The molecule has 7 rings (SSSR count). The second-order valence-electron chi connectivity index (χ2n) is 12.8. The van der Waals surface area contributed by atoms with Crippen LogP contribution in [0.5, 0.6) is 0 Å². The van der Waals surface area contributed by atoms with Crippen LogP contribution in [0, 0.1) is 0 Å². The minimum atomic E-state index is -1.58. The maximum Gasteiger partial charge on any atom is 0.253 e. The number of rotatable bonds is 11. The van der Waals surface area contributed by atoms with Crippen molar-refractivity contribution in [3.05, 3.63) is 181 Å². The summed E-state index contributed by atoms with van der Waals surface area (Å²) in [5.41, 5.74) is 0.780. The van der Waals surface area contributed by atoms with Crippen LogP contribution in [0.25, 0.3) is 0 Å². The van der Waals surface area contributed by atoms with Gasteiger partial charge in [0.1, 0.15) is 24.4 Å². The molecule has 1 heterocycles. The quantitative estimate of drug-likeness (QED) is 0.130. The molecule has 10 heteroatoms. The van der Waals surface area contributed by atoms with Crippen molar-refractivity contribution in [1.29, 1.82) is 0 Å². The fourth-order valence-corrected chi connectivity index (χ4v) is 11.6. The summed E-state index contributed by atoms with van der Waals surface area (Å²) in [6.07, 6.45) is -5.63. The molecule has 1 saturated heterocycles. The second-order valence-corrected chi connectivity index (χ2v) is 17.1. The Kier molecular flexibility index (Phi) is 12.0. The Bertz CT molecular complexity index is 2080. The van der Waals surface area contributed by atoms with Crippen LogP contribution in [0.2, 0.25) is 0 Å². The first-order valence-electron chi connectivity index (χ1n) is 17.7. The molecule has 1 fully saturated rings. The minimum Gasteiger partial charge on any atom is -0.394 e. The van der Waals surface area contributed by atoms with E-state index in [0.717, 1.165) is 31.8 Å². The molecule has 8 nitrogen and oxygen atoms in total. The number of benzene rings is 6. The van der Waals surface area contributed by atoms with E-state index in [-0.39, 0.29) is 0 Å². The van der Waals surface area contributed by atoms with Gasteiger partial charge in [-0.3, -0.25) is 9.59 Å². The Labute approximate surface area is 317 Å². The van der Waals surface area contributed by atoms with Gasteiger partial charge in [-0.2, -0.15) is 0 Å². The van der Waals surface area contributed by atoms with E-state index in [0.29, 0.717) is 11.1 Å². The molecule has 5 atom stereocenters.